The summed E-state index contributed by atoms with van der Waals surface area (Å²) in [6, 6.07) is 2.05. The zero-order chi connectivity index (χ0) is 11.8. The highest BCUT2D eigenvalue weighted by molar-refractivity contribution is 9.10. The molecule has 3 aromatic heterocycles. The number of nitrogens with one attached hydrogen (secondary N) is 1. The number of hydrogen-bond donors (Lipinski definition) is 1. The van der Waals surface area contributed by atoms with Crippen LogP contribution in [0, 0.1) is 0 Å². The van der Waals surface area contributed by atoms with Crippen LogP contribution in [-0.4, -0.2) is 21.5 Å². The Kier molecular flexibility index (Phi) is 2.68. The molecule has 0 bridgehead atoms. The van der Waals surface area contributed by atoms with Crippen LogP contribution in [0.2, 0.25) is 0 Å². The van der Waals surface area contributed by atoms with Gasteiger partial charge in [0.15, 0.2) is 0 Å². The van der Waals surface area contributed by atoms with Crippen LogP contribution in [-0.2, 0) is 0 Å². The molecule has 86 valence electrons. The van der Waals surface area contributed by atoms with Crippen LogP contribution >= 0.6 is 27.3 Å². The number of rotatable bonds is 2. The van der Waals surface area contributed by atoms with E-state index in [1.165, 1.54) is 0 Å². The molecule has 1 N–H and O–H groups in total. The second kappa shape index (κ2) is 4.19. The van der Waals surface area contributed by atoms with Gasteiger partial charge in [-0.2, -0.15) is 0 Å². The lowest BCUT2D eigenvalue weighted by Crippen LogP contribution is -1.99. The fourth-order valence-corrected chi connectivity index (χ4v) is 3.11. The highest BCUT2D eigenvalue weighted by atomic mass is 79.9. The lowest BCUT2D eigenvalue weighted by Gasteiger charge is -2.01. The van der Waals surface area contributed by atoms with Crippen molar-refractivity contribution in [3.05, 3.63) is 23.1 Å². The van der Waals surface area contributed by atoms with Gasteiger partial charge in [0.05, 0.1) is 10.2 Å². The van der Waals surface area contributed by atoms with Crippen molar-refractivity contribution >= 4 is 53.5 Å². The molecule has 3 rings (SSSR count). The first kappa shape index (κ1) is 10.9. The molecule has 0 saturated carbocycles. The van der Waals surface area contributed by atoms with Crippen molar-refractivity contribution in [2.24, 2.45) is 0 Å². The summed E-state index contributed by atoms with van der Waals surface area (Å²) in [5.41, 5.74) is 0.963. The van der Waals surface area contributed by atoms with Crippen LogP contribution in [0.15, 0.2) is 23.1 Å². The van der Waals surface area contributed by atoms with Gasteiger partial charge in [-0.25, -0.2) is 15.0 Å². The molecule has 0 aromatic carbocycles. The molecule has 0 aliphatic carbocycles. The van der Waals surface area contributed by atoms with Crippen molar-refractivity contribution in [3.63, 3.8) is 0 Å². The molecule has 0 atom stereocenters. The number of halogens is 1. The maximum absolute atomic E-state index is 4.40. The number of pyridine rings is 1. The van der Waals surface area contributed by atoms with Crippen molar-refractivity contribution in [2.75, 3.05) is 11.9 Å². The van der Waals surface area contributed by atoms with E-state index in [0.717, 1.165) is 37.3 Å². The molecule has 0 radical (unpaired) electrons. The summed E-state index contributed by atoms with van der Waals surface area (Å²) in [6.45, 7) is 2.90. The summed E-state index contributed by atoms with van der Waals surface area (Å²) < 4.78 is 2.03. The highest BCUT2D eigenvalue weighted by Crippen LogP contribution is 2.35. The van der Waals surface area contributed by atoms with Crippen LogP contribution in [0.5, 0.6) is 0 Å². The molecule has 0 unspecified atom stereocenters. The van der Waals surface area contributed by atoms with E-state index in [0.29, 0.717) is 0 Å². The summed E-state index contributed by atoms with van der Waals surface area (Å²) in [7, 11) is 0. The van der Waals surface area contributed by atoms with E-state index in [4.69, 9.17) is 0 Å². The first-order valence-electron chi connectivity index (χ1n) is 5.22. The third-order valence-electron chi connectivity index (χ3n) is 2.42. The van der Waals surface area contributed by atoms with Gasteiger partial charge < -0.3 is 5.32 Å². The molecule has 0 fully saturated rings. The van der Waals surface area contributed by atoms with Crippen molar-refractivity contribution in [2.45, 2.75) is 6.92 Å². The lowest BCUT2D eigenvalue weighted by atomic mass is 10.3. The molecular formula is C11H9BrN4S. The summed E-state index contributed by atoms with van der Waals surface area (Å²) in [5.74, 6) is 0.886. The molecule has 3 heterocycles. The van der Waals surface area contributed by atoms with Crippen LogP contribution in [0.4, 0.5) is 5.82 Å². The fraction of sp³-hybridized carbons (Fsp3) is 0.182. The maximum atomic E-state index is 4.40. The molecule has 3 aromatic rings. The van der Waals surface area contributed by atoms with E-state index in [9.17, 15) is 0 Å². The smallest absolute Gasteiger partial charge is 0.147 e. The molecule has 0 aliphatic rings. The monoisotopic (exact) mass is 308 g/mol. The van der Waals surface area contributed by atoms with Crippen LogP contribution in [0.25, 0.3) is 20.4 Å². The molecule has 17 heavy (non-hydrogen) atoms. The van der Waals surface area contributed by atoms with Gasteiger partial charge in [-0.3, -0.25) is 0 Å². The van der Waals surface area contributed by atoms with Gasteiger partial charge in [0.1, 0.15) is 17.0 Å². The number of thiophene rings is 1. The Morgan fingerprint density at radius 3 is 3.06 bits per heavy atom. The Hall–Kier alpha value is -1.27. The van der Waals surface area contributed by atoms with Gasteiger partial charge in [0.2, 0.25) is 0 Å². The van der Waals surface area contributed by atoms with E-state index in [-0.39, 0.29) is 0 Å². The zero-order valence-electron chi connectivity index (χ0n) is 9.07. The molecular weight excluding hydrogens is 300 g/mol. The molecule has 0 amide bonds. The normalized spacial score (nSPS) is 11.2. The Morgan fingerprint density at radius 2 is 2.24 bits per heavy atom. The topological polar surface area (TPSA) is 50.7 Å². The summed E-state index contributed by atoms with van der Waals surface area (Å²) >= 11 is 5.05. The Labute approximate surface area is 110 Å². The van der Waals surface area contributed by atoms with E-state index in [2.05, 4.69) is 43.1 Å². The van der Waals surface area contributed by atoms with Gasteiger partial charge in [0, 0.05) is 22.6 Å². The average molecular weight is 309 g/mol. The third-order valence-corrected chi connectivity index (χ3v) is 3.96. The second-order valence-electron chi connectivity index (χ2n) is 3.54. The van der Waals surface area contributed by atoms with E-state index in [1.54, 1.807) is 23.9 Å². The largest absolute Gasteiger partial charge is 0.369 e. The van der Waals surface area contributed by atoms with Gasteiger partial charge in [0.25, 0.3) is 0 Å². The van der Waals surface area contributed by atoms with Gasteiger partial charge in [-0.1, -0.05) is 0 Å². The molecule has 6 heteroatoms. The van der Waals surface area contributed by atoms with E-state index < -0.39 is 0 Å². The van der Waals surface area contributed by atoms with Crippen molar-refractivity contribution in [1.29, 1.82) is 0 Å². The number of hydrogen-bond acceptors (Lipinski definition) is 5. The Balaban J connectivity index is 2.38. The number of aromatic nitrogens is 3. The average Bonchev–Trinajstić information content (AvgIpc) is 2.69. The SMILES string of the molecule is CCNc1ncnc2c1sc1ncc(Br)cc12. The van der Waals surface area contributed by atoms with E-state index in [1.807, 2.05) is 6.07 Å². The predicted molar refractivity (Wildman–Crippen MR) is 74.6 cm³/mol. The Bertz CT molecular complexity index is 694. The van der Waals surface area contributed by atoms with Crippen LogP contribution < -0.4 is 5.32 Å². The predicted octanol–water partition coefficient (Wildman–Crippen LogP) is 3.43. The van der Waals surface area contributed by atoms with E-state index >= 15 is 0 Å². The minimum absolute atomic E-state index is 0.845. The number of anilines is 1. The lowest BCUT2D eigenvalue weighted by molar-refractivity contribution is 1.15. The summed E-state index contributed by atoms with van der Waals surface area (Å²) in [4.78, 5) is 14.0. The Morgan fingerprint density at radius 1 is 1.35 bits per heavy atom. The molecule has 0 spiro atoms. The third kappa shape index (κ3) is 1.77. The van der Waals surface area contributed by atoms with Gasteiger partial charge >= 0.3 is 0 Å². The molecule has 4 nitrogen and oxygen atoms in total. The fourth-order valence-electron chi connectivity index (χ4n) is 1.73. The minimum atomic E-state index is 0.845. The summed E-state index contributed by atoms with van der Waals surface area (Å²) in [5, 5.41) is 4.32. The van der Waals surface area contributed by atoms with Gasteiger partial charge in [-0.15, -0.1) is 11.3 Å². The van der Waals surface area contributed by atoms with Crippen LogP contribution in [0.3, 0.4) is 0 Å². The minimum Gasteiger partial charge on any atom is -0.369 e. The molecule has 0 saturated heterocycles. The van der Waals surface area contributed by atoms with Crippen molar-refractivity contribution < 1.29 is 0 Å². The first-order chi connectivity index (χ1) is 8.29. The zero-order valence-corrected chi connectivity index (χ0v) is 11.5. The summed E-state index contributed by atoms with van der Waals surface area (Å²) in [6.07, 6.45) is 3.39. The first-order valence-corrected chi connectivity index (χ1v) is 6.83. The second-order valence-corrected chi connectivity index (χ2v) is 5.45. The van der Waals surface area contributed by atoms with Crippen molar-refractivity contribution in [3.8, 4) is 0 Å². The number of fused-ring (bicyclic) bond motifs is 3. The highest BCUT2D eigenvalue weighted by Gasteiger charge is 2.11. The standard InChI is InChI=1S/C11H9BrN4S/c1-2-13-10-9-8(15-5-16-10)7-3-6(12)4-14-11(7)17-9/h3-5H,2H2,1H3,(H,13,15,16). The number of nitrogens with zero attached hydrogens (tertiary/aromatic N) is 3. The molecule has 0 aliphatic heterocycles. The van der Waals surface area contributed by atoms with Crippen molar-refractivity contribution in [1.82, 2.24) is 15.0 Å². The maximum Gasteiger partial charge on any atom is 0.147 e. The van der Waals surface area contributed by atoms with Crippen LogP contribution in [0.1, 0.15) is 6.92 Å². The van der Waals surface area contributed by atoms with Gasteiger partial charge in [-0.05, 0) is 28.9 Å². The quantitative estimate of drug-likeness (QED) is 0.788.